The molecule has 1 heterocycles. The first-order valence-corrected chi connectivity index (χ1v) is 4.32. The van der Waals surface area contributed by atoms with Gasteiger partial charge >= 0.3 is 0 Å². The fourth-order valence-corrected chi connectivity index (χ4v) is 1.42. The lowest BCUT2D eigenvalue weighted by molar-refractivity contribution is 0.389. The minimum atomic E-state index is 0.00756. The summed E-state index contributed by atoms with van der Waals surface area (Å²) in [5, 5.41) is 12.2. The molecule has 0 spiro atoms. The van der Waals surface area contributed by atoms with E-state index in [1.165, 1.54) is 18.5 Å². The molecule has 2 rings (SSSR count). The minimum Gasteiger partial charge on any atom is -0.291 e. The second kappa shape index (κ2) is 3.76. The third-order valence-corrected chi connectivity index (χ3v) is 2.22. The molecule has 0 atom stereocenters. The molecule has 0 saturated carbocycles. The molecule has 76 valence electrons. The first kappa shape index (κ1) is 9.75. The monoisotopic (exact) mass is 224 g/mol. The Morgan fingerprint density at radius 2 is 2.20 bits per heavy atom. The van der Waals surface area contributed by atoms with Crippen molar-refractivity contribution in [2.45, 2.75) is 0 Å². The Bertz CT molecular complexity index is 531. The fourth-order valence-electron chi connectivity index (χ4n) is 1.22. The smallest absolute Gasteiger partial charge is 0.207 e. The SMILES string of the molecule is O=Nc1ncnc2cc(Cl)c(NO)cc12. The normalized spacial score (nSPS) is 10.3. The summed E-state index contributed by atoms with van der Waals surface area (Å²) in [7, 11) is 0. The highest BCUT2D eigenvalue weighted by molar-refractivity contribution is 6.34. The van der Waals surface area contributed by atoms with E-state index in [4.69, 9.17) is 16.8 Å². The van der Waals surface area contributed by atoms with E-state index in [1.807, 2.05) is 5.48 Å². The van der Waals surface area contributed by atoms with E-state index in [-0.39, 0.29) is 11.5 Å². The molecule has 2 aromatic rings. The molecule has 0 radical (unpaired) electrons. The van der Waals surface area contributed by atoms with Crippen LogP contribution in [0.15, 0.2) is 23.6 Å². The Kier molecular flexibility index (Phi) is 2.44. The average molecular weight is 225 g/mol. The van der Waals surface area contributed by atoms with Gasteiger partial charge in [-0.25, -0.2) is 9.97 Å². The van der Waals surface area contributed by atoms with E-state index in [0.717, 1.165) is 0 Å². The maximum Gasteiger partial charge on any atom is 0.207 e. The van der Waals surface area contributed by atoms with Gasteiger partial charge in [0, 0.05) is 0 Å². The number of anilines is 1. The van der Waals surface area contributed by atoms with E-state index >= 15 is 0 Å². The number of rotatable bonds is 2. The molecule has 0 aliphatic carbocycles. The Balaban J connectivity index is 2.81. The zero-order chi connectivity index (χ0) is 10.8. The Labute approximate surface area is 88.8 Å². The molecule has 1 aromatic carbocycles. The van der Waals surface area contributed by atoms with Gasteiger partial charge in [0.15, 0.2) is 0 Å². The molecule has 0 saturated heterocycles. The van der Waals surface area contributed by atoms with Gasteiger partial charge in [-0.15, -0.1) is 4.91 Å². The first-order chi connectivity index (χ1) is 7.26. The summed E-state index contributed by atoms with van der Waals surface area (Å²) in [6.45, 7) is 0. The number of nitrogens with one attached hydrogen (secondary N) is 1. The van der Waals surface area contributed by atoms with Crippen molar-refractivity contribution in [2.75, 3.05) is 5.48 Å². The zero-order valence-electron chi connectivity index (χ0n) is 7.31. The third kappa shape index (κ3) is 1.60. The van der Waals surface area contributed by atoms with Gasteiger partial charge in [0.05, 0.1) is 21.6 Å². The molecule has 15 heavy (non-hydrogen) atoms. The molecule has 2 N–H and O–H groups in total. The lowest BCUT2D eigenvalue weighted by Gasteiger charge is -2.04. The molecule has 0 fully saturated rings. The topological polar surface area (TPSA) is 87.5 Å². The van der Waals surface area contributed by atoms with Crippen LogP contribution >= 0.6 is 11.6 Å². The maximum atomic E-state index is 10.4. The van der Waals surface area contributed by atoms with Crippen LogP contribution in [0, 0.1) is 4.91 Å². The molecule has 0 amide bonds. The van der Waals surface area contributed by atoms with Crippen molar-refractivity contribution >= 4 is 34.0 Å². The summed E-state index contributed by atoms with van der Waals surface area (Å²) in [6, 6.07) is 2.96. The van der Waals surface area contributed by atoms with Crippen molar-refractivity contribution in [3.05, 3.63) is 28.4 Å². The quantitative estimate of drug-likeness (QED) is 0.604. The predicted octanol–water partition coefficient (Wildman–Crippen LogP) is 2.48. The van der Waals surface area contributed by atoms with E-state index in [1.54, 1.807) is 0 Å². The number of halogens is 1. The Morgan fingerprint density at radius 1 is 1.40 bits per heavy atom. The van der Waals surface area contributed by atoms with Gasteiger partial charge in [-0.05, 0) is 17.3 Å². The van der Waals surface area contributed by atoms with Crippen LogP contribution in [0.25, 0.3) is 10.9 Å². The van der Waals surface area contributed by atoms with Gasteiger partial charge in [-0.2, -0.15) is 0 Å². The van der Waals surface area contributed by atoms with Crippen molar-refractivity contribution in [2.24, 2.45) is 5.18 Å². The van der Waals surface area contributed by atoms with Gasteiger partial charge in [0.25, 0.3) is 0 Å². The Morgan fingerprint density at radius 3 is 2.87 bits per heavy atom. The number of nitroso groups, excluding NO2 is 1. The Hall–Kier alpha value is -1.79. The lowest BCUT2D eigenvalue weighted by Crippen LogP contribution is -1.91. The molecule has 6 nitrogen and oxygen atoms in total. The second-order valence-electron chi connectivity index (χ2n) is 2.75. The van der Waals surface area contributed by atoms with Gasteiger partial charge in [-0.1, -0.05) is 11.6 Å². The van der Waals surface area contributed by atoms with Crippen molar-refractivity contribution in [3.8, 4) is 0 Å². The van der Waals surface area contributed by atoms with Crippen molar-refractivity contribution in [1.29, 1.82) is 0 Å². The predicted molar refractivity (Wildman–Crippen MR) is 55.4 cm³/mol. The molecular weight excluding hydrogens is 220 g/mol. The molecule has 0 bridgehead atoms. The van der Waals surface area contributed by atoms with Gasteiger partial charge in [0.2, 0.25) is 5.82 Å². The number of fused-ring (bicyclic) bond motifs is 1. The highest BCUT2D eigenvalue weighted by Crippen LogP contribution is 2.30. The van der Waals surface area contributed by atoms with Crippen LogP contribution in [-0.4, -0.2) is 15.2 Å². The fraction of sp³-hybridized carbons (Fsp3) is 0. The largest absolute Gasteiger partial charge is 0.291 e. The standard InChI is InChI=1S/C8H5ClN4O2/c9-5-2-6-4(1-7(5)12-14)8(13-15)11-3-10-6/h1-3,12,14H. The van der Waals surface area contributed by atoms with Gasteiger partial charge < -0.3 is 0 Å². The molecule has 0 unspecified atom stereocenters. The summed E-state index contributed by atoms with van der Waals surface area (Å²) in [6.07, 6.45) is 1.22. The van der Waals surface area contributed by atoms with Crippen LogP contribution in [0.2, 0.25) is 5.02 Å². The number of aromatic nitrogens is 2. The van der Waals surface area contributed by atoms with Crippen LogP contribution in [0.3, 0.4) is 0 Å². The molecule has 0 aliphatic heterocycles. The van der Waals surface area contributed by atoms with Crippen LogP contribution in [0.1, 0.15) is 0 Å². The van der Waals surface area contributed by atoms with Crippen molar-refractivity contribution in [3.63, 3.8) is 0 Å². The van der Waals surface area contributed by atoms with Gasteiger partial charge in [0.1, 0.15) is 6.33 Å². The van der Waals surface area contributed by atoms with Crippen molar-refractivity contribution in [1.82, 2.24) is 9.97 Å². The summed E-state index contributed by atoms with van der Waals surface area (Å²) in [5.41, 5.74) is 2.66. The van der Waals surface area contributed by atoms with E-state index in [2.05, 4.69) is 15.1 Å². The molecule has 1 aromatic heterocycles. The number of nitrogens with zero attached hydrogens (tertiary/aromatic N) is 3. The summed E-state index contributed by atoms with van der Waals surface area (Å²) in [4.78, 5) is 18.1. The molecule has 7 heteroatoms. The van der Waals surface area contributed by atoms with E-state index in [9.17, 15) is 4.91 Å². The zero-order valence-corrected chi connectivity index (χ0v) is 8.06. The highest BCUT2D eigenvalue weighted by Gasteiger charge is 2.08. The van der Waals surface area contributed by atoms with E-state index < -0.39 is 0 Å². The van der Waals surface area contributed by atoms with Crippen molar-refractivity contribution < 1.29 is 5.21 Å². The summed E-state index contributed by atoms with van der Waals surface area (Å²) < 4.78 is 0. The average Bonchev–Trinajstić information content (AvgIpc) is 2.27. The molecule has 0 aliphatic rings. The number of benzene rings is 1. The van der Waals surface area contributed by atoms with E-state index in [0.29, 0.717) is 15.9 Å². The molecular formula is C8H5ClN4O2. The highest BCUT2D eigenvalue weighted by atomic mass is 35.5. The lowest BCUT2D eigenvalue weighted by atomic mass is 10.2. The number of hydrogen-bond donors (Lipinski definition) is 2. The second-order valence-corrected chi connectivity index (χ2v) is 3.16. The van der Waals surface area contributed by atoms with Crippen LogP contribution in [0.4, 0.5) is 11.5 Å². The summed E-state index contributed by atoms with van der Waals surface area (Å²) >= 11 is 5.81. The van der Waals surface area contributed by atoms with Crippen LogP contribution in [0.5, 0.6) is 0 Å². The summed E-state index contributed by atoms with van der Waals surface area (Å²) in [5.74, 6) is 0.00756. The maximum absolute atomic E-state index is 10.4. The minimum absolute atomic E-state index is 0.00756. The first-order valence-electron chi connectivity index (χ1n) is 3.94. The number of hydrogen-bond acceptors (Lipinski definition) is 6. The third-order valence-electron chi connectivity index (χ3n) is 1.91. The van der Waals surface area contributed by atoms with Crippen LogP contribution < -0.4 is 5.48 Å². The van der Waals surface area contributed by atoms with Gasteiger partial charge in [-0.3, -0.25) is 10.7 Å². The van der Waals surface area contributed by atoms with Crippen LogP contribution in [-0.2, 0) is 0 Å².